The molecule has 25 heavy (non-hydrogen) atoms. The minimum absolute atomic E-state index is 0.264. The third kappa shape index (κ3) is 4.23. The summed E-state index contributed by atoms with van der Waals surface area (Å²) in [5, 5.41) is 22.2. The van der Waals surface area contributed by atoms with Gasteiger partial charge >= 0.3 is 6.36 Å². The number of imide groups is 1. The van der Waals surface area contributed by atoms with Gasteiger partial charge < -0.3 is 15.2 Å². The zero-order valence-electron chi connectivity index (χ0n) is 12.2. The Morgan fingerprint density at radius 2 is 2.00 bits per heavy atom. The van der Waals surface area contributed by atoms with Crippen molar-refractivity contribution in [2.45, 2.75) is 6.36 Å². The third-order valence-corrected chi connectivity index (χ3v) is 3.00. The number of carbonyl (C=O) groups excluding carboxylic acids is 2. The number of aliphatic hydroxyl groups excluding tert-OH is 1. The number of hydrogen-bond donors (Lipinski definition) is 2. The third-order valence-electron chi connectivity index (χ3n) is 3.00. The molecule has 0 unspecified atom stereocenters. The van der Waals surface area contributed by atoms with E-state index in [1.54, 1.807) is 0 Å². The van der Waals surface area contributed by atoms with Crippen molar-refractivity contribution in [2.24, 2.45) is 0 Å². The van der Waals surface area contributed by atoms with Crippen LogP contribution >= 0.6 is 0 Å². The molecule has 134 valence electrons. The first-order chi connectivity index (χ1) is 11.6. The molecule has 0 radical (unpaired) electrons. The van der Waals surface area contributed by atoms with Gasteiger partial charge in [-0.05, 0) is 12.1 Å². The van der Waals surface area contributed by atoms with E-state index in [0.717, 1.165) is 18.2 Å². The van der Waals surface area contributed by atoms with Crippen molar-refractivity contribution in [1.29, 1.82) is 0 Å². The number of alkyl halides is 3. The second-order valence-corrected chi connectivity index (χ2v) is 4.69. The minimum atomic E-state index is -5.02. The molecule has 2 amide bonds. The van der Waals surface area contributed by atoms with Crippen molar-refractivity contribution in [3.05, 3.63) is 40.1 Å². The van der Waals surface area contributed by atoms with Gasteiger partial charge in [-0.2, -0.15) is 0 Å². The second-order valence-electron chi connectivity index (χ2n) is 4.69. The van der Waals surface area contributed by atoms with Gasteiger partial charge in [-0.3, -0.25) is 24.6 Å². The molecule has 0 aromatic heterocycles. The van der Waals surface area contributed by atoms with E-state index >= 15 is 0 Å². The highest BCUT2D eigenvalue weighted by Gasteiger charge is 2.34. The van der Waals surface area contributed by atoms with Gasteiger partial charge in [-0.15, -0.1) is 13.2 Å². The average molecular weight is 361 g/mol. The molecule has 0 saturated heterocycles. The number of amides is 2. The molecule has 0 saturated carbocycles. The monoisotopic (exact) mass is 361 g/mol. The van der Waals surface area contributed by atoms with E-state index in [1.807, 2.05) is 0 Å². The van der Waals surface area contributed by atoms with Crippen molar-refractivity contribution in [3.63, 3.8) is 0 Å². The highest BCUT2D eigenvalue weighted by molar-refractivity contribution is 6.17. The Kier molecular flexibility index (Phi) is 4.92. The highest BCUT2D eigenvalue weighted by Crippen LogP contribution is 2.33. The Bertz CT molecular complexity index is 762. The van der Waals surface area contributed by atoms with Gasteiger partial charge in [0.1, 0.15) is 17.1 Å². The average Bonchev–Trinajstić information content (AvgIpc) is 2.75. The van der Waals surface area contributed by atoms with Crippen LogP contribution in [-0.4, -0.2) is 46.3 Å². The summed E-state index contributed by atoms with van der Waals surface area (Å²) in [5.41, 5.74) is -1.41. The van der Waals surface area contributed by atoms with Crippen LogP contribution in [0.25, 0.3) is 0 Å². The van der Waals surface area contributed by atoms with Gasteiger partial charge in [0.05, 0.1) is 24.1 Å². The Labute approximate surface area is 137 Å². The fourth-order valence-corrected chi connectivity index (χ4v) is 2.02. The molecule has 1 aromatic carbocycles. The normalized spacial score (nSPS) is 14.6. The van der Waals surface area contributed by atoms with Crippen molar-refractivity contribution >= 4 is 23.2 Å². The number of anilines is 1. The lowest BCUT2D eigenvalue weighted by Crippen LogP contribution is -2.34. The molecule has 1 aromatic rings. The Balaban J connectivity index is 2.28. The zero-order valence-corrected chi connectivity index (χ0v) is 12.2. The van der Waals surface area contributed by atoms with E-state index < -0.39 is 41.1 Å². The molecule has 0 bridgehead atoms. The minimum Gasteiger partial charge on any atom is -0.406 e. The molecule has 1 heterocycles. The number of rotatable bonds is 6. The smallest absolute Gasteiger partial charge is 0.406 e. The van der Waals surface area contributed by atoms with E-state index in [1.165, 1.54) is 0 Å². The number of benzene rings is 1. The number of halogens is 3. The first kappa shape index (κ1) is 18.2. The number of nitro benzene ring substituents is 1. The Hall–Kier alpha value is -3.15. The van der Waals surface area contributed by atoms with Crippen molar-refractivity contribution < 1.29 is 37.5 Å². The highest BCUT2D eigenvalue weighted by atomic mass is 19.4. The molecule has 9 nitrogen and oxygen atoms in total. The van der Waals surface area contributed by atoms with Crippen LogP contribution in [0.4, 0.5) is 24.5 Å². The van der Waals surface area contributed by atoms with E-state index in [4.69, 9.17) is 5.11 Å². The lowest BCUT2D eigenvalue weighted by Gasteiger charge is -2.14. The summed E-state index contributed by atoms with van der Waals surface area (Å²) in [7, 11) is 0. The van der Waals surface area contributed by atoms with Crippen molar-refractivity contribution in [2.75, 3.05) is 18.5 Å². The summed E-state index contributed by atoms with van der Waals surface area (Å²) < 4.78 is 40.2. The summed E-state index contributed by atoms with van der Waals surface area (Å²) in [6.45, 7) is -0.734. The summed E-state index contributed by atoms with van der Waals surface area (Å²) in [5.74, 6) is -2.38. The molecule has 1 aliphatic rings. The van der Waals surface area contributed by atoms with Crippen LogP contribution in [0.15, 0.2) is 30.0 Å². The molecule has 0 atom stereocenters. The fraction of sp³-hybridized carbons (Fsp3) is 0.231. The molecule has 2 rings (SSSR count). The Morgan fingerprint density at radius 3 is 2.56 bits per heavy atom. The molecule has 0 aliphatic carbocycles. The van der Waals surface area contributed by atoms with E-state index in [2.05, 4.69) is 10.1 Å². The predicted octanol–water partition coefficient (Wildman–Crippen LogP) is 1.15. The van der Waals surface area contributed by atoms with Crippen molar-refractivity contribution in [3.8, 4) is 5.75 Å². The maximum atomic E-state index is 12.2. The van der Waals surface area contributed by atoms with Crippen LogP contribution in [0.2, 0.25) is 0 Å². The number of nitrogens with zero attached hydrogens (tertiary/aromatic N) is 2. The van der Waals surface area contributed by atoms with Crippen LogP contribution in [0.5, 0.6) is 5.75 Å². The number of nitrogens with one attached hydrogen (secondary N) is 1. The van der Waals surface area contributed by atoms with Crippen LogP contribution in [0, 0.1) is 10.1 Å². The SMILES string of the molecule is O=C1C=C(Nc2ccc(OC(F)(F)F)cc2[N+](=O)[O-])C(=O)N1CCO. The number of β-amino-alcohol motifs (C(OH)–C–C–N with tert-alkyl or cyclic N) is 1. The lowest BCUT2D eigenvalue weighted by atomic mass is 10.2. The van der Waals surface area contributed by atoms with Crippen LogP contribution in [-0.2, 0) is 9.59 Å². The maximum Gasteiger partial charge on any atom is 0.573 e. The summed E-state index contributed by atoms with van der Waals surface area (Å²) in [6.07, 6.45) is -4.16. The molecule has 0 spiro atoms. The fourth-order valence-electron chi connectivity index (χ4n) is 2.02. The molecule has 0 fully saturated rings. The number of carbonyl (C=O) groups is 2. The number of aliphatic hydroxyl groups is 1. The van der Waals surface area contributed by atoms with Gasteiger partial charge in [0, 0.05) is 6.08 Å². The van der Waals surface area contributed by atoms with Gasteiger partial charge in [-0.25, -0.2) is 0 Å². The number of nitro groups is 1. The van der Waals surface area contributed by atoms with Gasteiger partial charge in [0.25, 0.3) is 17.5 Å². The first-order valence-corrected chi connectivity index (χ1v) is 6.62. The maximum absolute atomic E-state index is 12.2. The molecule has 12 heteroatoms. The van der Waals surface area contributed by atoms with E-state index in [9.17, 15) is 32.9 Å². The van der Waals surface area contributed by atoms with Crippen LogP contribution in [0.1, 0.15) is 0 Å². The summed E-state index contributed by atoms with van der Waals surface area (Å²) in [6, 6.07) is 2.26. The summed E-state index contributed by atoms with van der Waals surface area (Å²) >= 11 is 0. The Morgan fingerprint density at radius 1 is 1.32 bits per heavy atom. The number of ether oxygens (including phenoxy) is 1. The van der Waals surface area contributed by atoms with Gasteiger partial charge in [0.2, 0.25) is 0 Å². The van der Waals surface area contributed by atoms with Crippen molar-refractivity contribution in [1.82, 2.24) is 4.90 Å². The number of hydrogen-bond acceptors (Lipinski definition) is 7. The van der Waals surface area contributed by atoms with E-state index in [0.29, 0.717) is 11.0 Å². The molecular formula is C13H10F3N3O6. The zero-order chi connectivity index (χ0) is 18.8. The van der Waals surface area contributed by atoms with Crippen LogP contribution < -0.4 is 10.1 Å². The van der Waals surface area contributed by atoms with Gasteiger partial charge in [0.15, 0.2) is 0 Å². The standard InChI is InChI=1S/C13H10F3N3O6/c14-13(15,16)25-7-1-2-8(10(5-7)19(23)24)17-9-6-11(21)18(3-4-20)12(9)22/h1-2,5-6,17,20H,3-4H2. The largest absolute Gasteiger partial charge is 0.573 e. The molecule has 2 N–H and O–H groups in total. The van der Waals surface area contributed by atoms with E-state index in [-0.39, 0.29) is 17.9 Å². The topological polar surface area (TPSA) is 122 Å². The van der Waals surface area contributed by atoms with Crippen LogP contribution in [0.3, 0.4) is 0 Å². The first-order valence-electron chi connectivity index (χ1n) is 6.62. The predicted molar refractivity (Wildman–Crippen MR) is 75.3 cm³/mol. The second kappa shape index (κ2) is 6.76. The molecular weight excluding hydrogens is 351 g/mol. The molecule has 1 aliphatic heterocycles. The van der Waals surface area contributed by atoms with Gasteiger partial charge in [-0.1, -0.05) is 0 Å². The quantitative estimate of drug-likeness (QED) is 0.443. The summed E-state index contributed by atoms with van der Waals surface area (Å²) in [4.78, 5) is 34.3. The lowest BCUT2D eigenvalue weighted by molar-refractivity contribution is -0.384.